The van der Waals surface area contributed by atoms with E-state index in [2.05, 4.69) is 26.0 Å². The normalized spacial score (nSPS) is 9.96. The predicted molar refractivity (Wildman–Crippen MR) is 91.2 cm³/mol. The van der Waals surface area contributed by atoms with Gasteiger partial charge in [0.2, 0.25) is 0 Å². The minimum Gasteiger partial charge on any atom is -0.465 e. The molecule has 0 radical (unpaired) electrons. The van der Waals surface area contributed by atoms with Gasteiger partial charge >= 0.3 is 11.9 Å². The van der Waals surface area contributed by atoms with Crippen molar-refractivity contribution in [2.75, 3.05) is 19.5 Å². The number of anilines is 1. The fraction of sp³-hybridized carbons (Fsp3) is 0.118. The van der Waals surface area contributed by atoms with E-state index in [1.54, 1.807) is 24.3 Å². The van der Waals surface area contributed by atoms with Crippen molar-refractivity contribution in [3.8, 4) is 0 Å². The van der Waals surface area contributed by atoms with Gasteiger partial charge in [-0.2, -0.15) is 0 Å². The van der Waals surface area contributed by atoms with Gasteiger partial charge in [0.15, 0.2) is 0 Å². The van der Waals surface area contributed by atoms with E-state index in [9.17, 15) is 14.4 Å². The van der Waals surface area contributed by atoms with Crippen LogP contribution in [0.25, 0.3) is 0 Å². The van der Waals surface area contributed by atoms with E-state index < -0.39 is 17.8 Å². The molecule has 2 rings (SSSR count). The molecule has 0 unspecified atom stereocenters. The van der Waals surface area contributed by atoms with Crippen LogP contribution in [0.4, 0.5) is 5.69 Å². The number of hydrogen-bond donors (Lipinski definition) is 1. The van der Waals surface area contributed by atoms with Crippen LogP contribution in [-0.4, -0.2) is 32.1 Å². The van der Waals surface area contributed by atoms with E-state index >= 15 is 0 Å². The second-order valence-corrected chi connectivity index (χ2v) is 5.62. The van der Waals surface area contributed by atoms with Crippen molar-refractivity contribution in [2.24, 2.45) is 0 Å². The zero-order valence-corrected chi connectivity index (χ0v) is 14.5. The Balaban J connectivity index is 2.40. The third kappa shape index (κ3) is 3.99. The van der Waals surface area contributed by atoms with Gasteiger partial charge in [-0.25, -0.2) is 9.59 Å². The molecule has 0 aromatic heterocycles. The zero-order valence-electron chi connectivity index (χ0n) is 13.0. The van der Waals surface area contributed by atoms with Crippen molar-refractivity contribution >= 4 is 39.5 Å². The molecule has 7 heteroatoms. The average molecular weight is 392 g/mol. The highest BCUT2D eigenvalue weighted by Gasteiger charge is 2.18. The molecule has 6 nitrogen and oxygen atoms in total. The molecular weight excluding hydrogens is 378 g/mol. The molecule has 24 heavy (non-hydrogen) atoms. The van der Waals surface area contributed by atoms with E-state index in [0.29, 0.717) is 5.56 Å². The van der Waals surface area contributed by atoms with Gasteiger partial charge in [-0.3, -0.25) is 4.79 Å². The summed E-state index contributed by atoms with van der Waals surface area (Å²) >= 11 is 3.29. The number of nitrogens with one attached hydrogen (secondary N) is 1. The first kappa shape index (κ1) is 17.7. The molecule has 0 spiro atoms. The van der Waals surface area contributed by atoms with Gasteiger partial charge in [-0.15, -0.1) is 0 Å². The summed E-state index contributed by atoms with van der Waals surface area (Å²) in [5.74, 6) is -1.64. The van der Waals surface area contributed by atoms with Crippen LogP contribution in [0.3, 0.4) is 0 Å². The number of amides is 1. The summed E-state index contributed by atoms with van der Waals surface area (Å²) in [5.41, 5.74) is 0.890. The summed E-state index contributed by atoms with van der Waals surface area (Å²) in [4.78, 5) is 35.9. The van der Waals surface area contributed by atoms with Crippen LogP contribution in [0.5, 0.6) is 0 Å². The van der Waals surface area contributed by atoms with Crippen LogP contribution < -0.4 is 5.32 Å². The van der Waals surface area contributed by atoms with Gasteiger partial charge in [0.1, 0.15) is 0 Å². The second-order valence-electron chi connectivity index (χ2n) is 4.71. The summed E-state index contributed by atoms with van der Waals surface area (Å²) in [6.07, 6.45) is 0. The van der Waals surface area contributed by atoms with Crippen molar-refractivity contribution in [2.45, 2.75) is 0 Å². The van der Waals surface area contributed by atoms with Gasteiger partial charge in [0, 0.05) is 10.0 Å². The smallest absolute Gasteiger partial charge is 0.339 e. The van der Waals surface area contributed by atoms with Crippen LogP contribution in [0, 0.1) is 0 Å². The molecule has 0 saturated heterocycles. The minimum absolute atomic E-state index is 0.133. The molecule has 0 saturated carbocycles. The van der Waals surface area contributed by atoms with E-state index in [-0.39, 0.29) is 16.8 Å². The van der Waals surface area contributed by atoms with Crippen molar-refractivity contribution in [3.05, 3.63) is 63.6 Å². The molecule has 1 N–H and O–H groups in total. The molecule has 0 atom stereocenters. The lowest BCUT2D eigenvalue weighted by Crippen LogP contribution is -2.16. The number of benzene rings is 2. The molecule has 0 bridgehead atoms. The lowest BCUT2D eigenvalue weighted by Gasteiger charge is -2.11. The predicted octanol–water partition coefficient (Wildman–Crippen LogP) is 3.27. The minimum atomic E-state index is -0.629. The van der Waals surface area contributed by atoms with Crippen LogP contribution in [-0.2, 0) is 9.47 Å². The largest absolute Gasteiger partial charge is 0.465 e. The number of halogens is 1. The number of ether oxygens (including phenoxy) is 2. The van der Waals surface area contributed by atoms with E-state index in [4.69, 9.17) is 4.74 Å². The highest BCUT2D eigenvalue weighted by molar-refractivity contribution is 9.10. The van der Waals surface area contributed by atoms with E-state index in [1.165, 1.54) is 32.4 Å². The molecule has 0 aliphatic rings. The number of carbonyl (C=O) groups excluding carboxylic acids is 3. The van der Waals surface area contributed by atoms with Crippen LogP contribution in [0.2, 0.25) is 0 Å². The first-order chi connectivity index (χ1) is 11.5. The standard InChI is InChI=1S/C17H14BrNO5/c1-23-16(21)11-6-7-13(17(22)24-2)14(9-11)19-15(20)10-4-3-5-12(18)8-10/h3-9H,1-2H3,(H,19,20). The Morgan fingerprint density at radius 1 is 0.917 bits per heavy atom. The Labute approximate surface area is 146 Å². The molecular formula is C17H14BrNO5. The fourth-order valence-corrected chi connectivity index (χ4v) is 2.40. The fourth-order valence-electron chi connectivity index (χ4n) is 2.00. The Hall–Kier alpha value is -2.67. The Kier molecular flexibility index (Phi) is 5.70. The summed E-state index contributed by atoms with van der Waals surface area (Å²) in [6, 6.07) is 11.0. The van der Waals surface area contributed by atoms with Gasteiger partial charge in [0.25, 0.3) is 5.91 Å². The maximum Gasteiger partial charge on any atom is 0.339 e. The molecule has 0 aliphatic heterocycles. The van der Waals surface area contributed by atoms with Gasteiger partial charge in [-0.05, 0) is 36.4 Å². The summed E-state index contributed by atoms with van der Waals surface area (Å²) in [7, 11) is 2.48. The summed E-state index contributed by atoms with van der Waals surface area (Å²) in [6.45, 7) is 0. The van der Waals surface area contributed by atoms with E-state index in [1.807, 2.05) is 0 Å². The molecule has 0 heterocycles. The molecule has 0 aliphatic carbocycles. The Morgan fingerprint density at radius 2 is 1.62 bits per heavy atom. The summed E-state index contributed by atoms with van der Waals surface area (Å²) in [5, 5.41) is 2.62. The van der Waals surface area contributed by atoms with Gasteiger partial charge in [0.05, 0.1) is 31.0 Å². The van der Waals surface area contributed by atoms with Gasteiger partial charge in [-0.1, -0.05) is 22.0 Å². The van der Waals surface area contributed by atoms with Crippen molar-refractivity contribution in [3.63, 3.8) is 0 Å². The Morgan fingerprint density at radius 3 is 2.25 bits per heavy atom. The number of methoxy groups -OCH3 is 2. The zero-order chi connectivity index (χ0) is 17.7. The number of esters is 2. The lowest BCUT2D eigenvalue weighted by atomic mass is 10.1. The van der Waals surface area contributed by atoms with Gasteiger partial charge < -0.3 is 14.8 Å². The first-order valence-electron chi connectivity index (χ1n) is 6.84. The number of rotatable bonds is 4. The van der Waals surface area contributed by atoms with Crippen LogP contribution >= 0.6 is 15.9 Å². The lowest BCUT2D eigenvalue weighted by molar-refractivity contribution is 0.0587. The van der Waals surface area contributed by atoms with Crippen molar-refractivity contribution in [1.82, 2.24) is 0 Å². The van der Waals surface area contributed by atoms with E-state index in [0.717, 1.165) is 4.47 Å². The Bertz CT molecular complexity index is 803. The average Bonchev–Trinajstić information content (AvgIpc) is 2.60. The molecule has 1 amide bonds. The SMILES string of the molecule is COC(=O)c1ccc(C(=O)OC)c(NC(=O)c2cccc(Br)c2)c1. The van der Waals surface area contributed by atoms with Crippen LogP contribution in [0.1, 0.15) is 31.1 Å². The highest BCUT2D eigenvalue weighted by Crippen LogP contribution is 2.21. The molecule has 124 valence electrons. The third-order valence-electron chi connectivity index (χ3n) is 3.18. The second kappa shape index (κ2) is 7.74. The van der Waals surface area contributed by atoms with Crippen LogP contribution in [0.15, 0.2) is 46.9 Å². The number of hydrogen-bond acceptors (Lipinski definition) is 5. The van der Waals surface area contributed by atoms with Crippen molar-refractivity contribution < 1.29 is 23.9 Å². The molecule has 0 fully saturated rings. The monoisotopic (exact) mass is 391 g/mol. The highest BCUT2D eigenvalue weighted by atomic mass is 79.9. The maximum absolute atomic E-state index is 12.4. The maximum atomic E-state index is 12.4. The quantitative estimate of drug-likeness (QED) is 0.808. The topological polar surface area (TPSA) is 81.7 Å². The number of carbonyl (C=O) groups is 3. The first-order valence-corrected chi connectivity index (χ1v) is 7.63. The third-order valence-corrected chi connectivity index (χ3v) is 3.67. The molecule has 2 aromatic carbocycles. The molecule has 2 aromatic rings. The summed E-state index contributed by atoms with van der Waals surface area (Å²) < 4.78 is 10.1. The van der Waals surface area contributed by atoms with Crippen molar-refractivity contribution in [1.29, 1.82) is 0 Å².